The number of hydrogen-bond acceptors (Lipinski definition) is 4. The number of hydrogen-bond donors (Lipinski definition) is 0. The van der Waals surface area contributed by atoms with E-state index in [0.717, 1.165) is 43.3 Å². The van der Waals surface area contributed by atoms with Crippen LogP contribution in [0.4, 0.5) is 0 Å². The van der Waals surface area contributed by atoms with Gasteiger partial charge in [-0.1, -0.05) is 94.8 Å². The van der Waals surface area contributed by atoms with E-state index in [1.807, 2.05) is 33.0 Å². The second kappa shape index (κ2) is 21.0. The molecule has 5 rings (SSSR count). The van der Waals surface area contributed by atoms with Crippen LogP contribution in [0.2, 0.25) is 0 Å². The molecule has 1 aromatic carbocycles. The molecular formula is C36H61NO3. The highest BCUT2D eigenvalue weighted by Crippen LogP contribution is 2.27. The molecule has 0 N–H and O–H groups in total. The minimum atomic E-state index is 0.0196. The average molecular weight is 556 g/mol. The lowest BCUT2D eigenvalue weighted by Crippen LogP contribution is -2.27. The lowest BCUT2D eigenvalue weighted by Gasteiger charge is -2.24. The fourth-order valence-electron chi connectivity index (χ4n) is 4.32. The van der Waals surface area contributed by atoms with Crippen LogP contribution in [0.3, 0.4) is 0 Å². The summed E-state index contributed by atoms with van der Waals surface area (Å²) in [4.78, 5) is 4.08. The van der Waals surface area contributed by atoms with E-state index in [4.69, 9.17) is 14.2 Å². The fourth-order valence-corrected chi connectivity index (χ4v) is 4.32. The molecule has 4 heteroatoms. The van der Waals surface area contributed by atoms with Gasteiger partial charge >= 0.3 is 0 Å². The molecule has 4 nitrogen and oxygen atoms in total. The summed E-state index contributed by atoms with van der Waals surface area (Å²) in [6.45, 7) is 24.0. The van der Waals surface area contributed by atoms with Crippen LogP contribution in [-0.2, 0) is 14.2 Å². The highest BCUT2D eigenvalue weighted by atomic mass is 16.7. The van der Waals surface area contributed by atoms with E-state index < -0.39 is 0 Å². The smallest absolute Gasteiger partial charge is 0.154 e. The summed E-state index contributed by atoms with van der Waals surface area (Å²) in [7, 11) is 0. The number of aryl methyl sites for hydroxylation is 4. The van der Waals surface area contributed by atoms with Gasteiger partial charge in [0.1, 0.15) is 0 Å². The molecule has 0 spiro atoms. The van der Waals surface area contributed by atoms with Gasteiger partial charge in [0.2, 0.25) is 0 Å². The average Bonchev–Trinajstić information content (AvgIpc) is 2.94. The van der Waals surface area contributed by atoms with Gasteiger partial charge in [-0.15, -0.1) is 0 Å². The van der Waals surface area contributed by atoms with Gasteiger partial charge in [0.15, 0.2) is 6.29 Å². The first-order valence-corrected chi connectivity index (χ1v) is 15.7. The topological polar surface area (TPSA) is 40.6 Å². The van der Waals surface area contributed by atoms with Crippen LogP contribution >= 0.6 is 0 Å². The first kappa shape index (κ1) is 36.3. The van der Waals surface area contributed by atoms with Gasteiger partial charge in [0, 0.05) is 24.4 Å². The summed E-state index contributed by atoms with van der Waals surface area (Å²) >= 11 is 0. The molecule has 2 unspecified atom stereocenters. The number of ether oxygens (including phenoxy) is 3. The maximum absolute atomic E-state index is 5.39. The molecule has 1 saturated carbocycles. The zero-order valence-corrected chi connectivity index (χ0v) is 27.5. The Morgan fingerprint density at radius 2 is 0.925 bits per heavy atom. The molecule has 2 saturated heterocycles. The Balaban J connectivity index is 0.000000250. The summed E-state index contributed by atoms with van der Waals surface area (Å²) in [5, 5.41) is 0. The zero-order valence-electron chi connectivity index (χ0n) is 27.5. The lowest BCUT2D eigenvalue weighted by molar-refractivity contribution is -0.187. The molecule has 1 aliphatic carbocycles. The van der Waals surface area contributed by atoms with Crippen molar-refractivity contribution in [3.8, 4) is 0 Å². The van der Waals surface area contributed by atoms with Crippen LogP contribution in [0.25, 0.3) is 0 Å². The predicted octanol–water partition coefficient (Wildman–Crippen LogP) is 9.67. The molecule has 3 fully saturated rings. The van der Waals surface area contributed by atoms with Gasteiger partial charge < -0.3 is 14.2 Å². The third kappa shape index (κ3) is 19.3. The number of benzene rings is 1. The van der Waals surface area contributed by atoms with Gasteiger partial charge in [-0.25, -0.2) is 0 Å². The Bertz CT molecular complexity index is 680. The van der Waals surface area contributed by atoms with E-state index in [1.165, 1.54) is 55.2 Å². The summed E-state index contributed by atoms with van der Waals surface area (Å²) in [5.74, 6) is 3.41. The van der Waals surface area contributed by atoms with Crippen LogP contribution in [0.15, 0.2) is 42.6 Å². The first-order valence-electron chi connectivity index (χ1n) is 15.7. The Morgan fingerprint density at radius 3 is 1.25 bits per heavy atom. The Kier molecular flexibility index (Phi) is 19.1. The van der Waals surface area contributed by atoms with E-state index in [-0.39, 0.29) is 6.29 Å². The molecule has 2 atom stereocenters. The highest BCUT2D eigenvalue weighted by Gasteiger charge is 2.14. The van der Waals surface area contributed by atoms with E-state index in [9.17, 15) is 0 Å². The molecule has 40 heavy (non-hydrogen) atoms. The third-order valence-corrected chi connectivity index (χ3v) is 7.54. The molecule has 3 aliphatic rings. The summed E-state index contributed by atoms with van der Waals surface area (Å²) in [6.07, 6.45) is 10.9. The molecule has 0 radical (unpaired) electrons. The van der Waals surface area contributed by atoms with E-state index in [0.29, 0.717) is 12.0 Å². The minimum Gasteiger partial charge on any atom is -0.378 e. The van der Waals surface area contributed by atoms with Crippen molar-refractivity contribution in [2.45, 2.75) is 120 Å². The standard InChI is InChI=1S/C8H16.C8H10.C7H9N.C7H14O.C6H12O2/c2*1-7-3-5-8(2)6-4-7;2*1-6-3-4-7(2)8-5-6;1-5-3-7-6(2)8-4-5/h7-8H,3-6H2,1-2H3;3-6H,1-2H3;3-5H,1-2H3;6-7H,3-5H2,1-2H3;5-6H,3-4H2,1-2H3. The Hall–Kier alpha value is -1.75. The molecular weight excluding hydrogens is 494 g/mol. The Morgan fingerprint density at radius 1 is 0.500 bits per heavy atom. The largest absolute Gasteiger partial charge is 0.378 e. The lowest BCUT2D eigenvalue weighted by atomic mass is 9.84. The van der Waals surface area contributed by atoms with Crippen molar-refractivity contribution in [3.63, 3.8) is 0 Å². The minimum absolute atomic E-state index is 0.0196. The molecule has 228 valence electrons. The second-order valence-electron chi connectivity index (χ2n) is 12.7. The molecule has 1 aromatic heterocycles. The molecule has 3 heterocycles. The normalized spacial score (nSPS) is 27.6. The third-order valence-electron chi connectivity index (χ3n) is 7.54. The van der Waals surface area contributed by atoms with E-state index in [2.05, 4.69) is 83.8 Å². The van der Waals surface area contributed by atoms with Crippen LogP contribution < -0.4 is 0 Å². The van der Waals surface area contributed by atoms with E-state index >= 15 is 0 Å². The van der Waals surface area contributed by atoms with Crippen molar-refractivity contribution in [3.05, 3.63) is 65.0 Å². The van der Waals surface area contributed by atoms with Crippen LogP contribution in [0.5, 0.6) is 0 Å². The van der Waals surface area contributed by atoms with E-state index in [1.54, 1.807) is 0 Å². The van der Waals surface area contributed by atoms with Crippen molar-refractivity contribution < 1.29 is 14.2 Å². The van der Waals surface area contributed by atoms with Crippen molar-refractivity contribution in [1.29, 1.82) is 0 Å². The maximum atomic E-state index is 5.39. The van der Waals surface area contributed by atoms with Crippen molar-refractivity contribution in [2.24, 2.45) is 23.7 Å². The van der Waals surface area contributed by atoms with Crippen molar-refractivity contribution in [1.82, 2.24) is 4.98 Å². The molecule has 0 amide bonds. The predicted molar refractivity (Wildman–Crippen MR) is 171 cm³/mol. The molecule has 2 aromatic rings. The van der Waals surface area contributed by atoms with Crippen molar-refractivity contribution in [2.75, 3.05) is 19.8 Å². The van der Waals surface area contributed by atoms with Crippen LogP contribution in [0.1, 0.15) is 102 Å². The Labute approximate surface area is 247 Å². The molecule has 2 aliphatic heterocycles. The van der Waals surface area contributed by atoms with Crippen LogP contribution in [0, 0.1) is 51.4 Å². The number of nitrogens with zero attached hydrogens (tertiary/aromatic N) is 1. The number of aromatic nitrogens is 1. The fraction of sp³-hybridized carbons (Fsp3) is 0.694. The SMILES string of the molecule is CC1CCC(C)CC1.CC1CCC(C)OC1.CC1COC(C)OC1.Cc1ccc(C)cc1.Cc1ccc(C)nc1. The second-order valence-corrected chi connectivity index (χ2v) is 12.7. The summed E-state index contributed by atoms with van der Waals surface area (Å²) in [6, 6.07) is 12.5. The van der Waals surface area contributed by atoms with Gasteiger partial charge in [0.25, 0.3) is 0 Å². The number of rotatable bonds is 0. The number of pyridine rings is 1. The zero-order chi connectivity index (χ0) is 29.9. The molecule has 0 bridgehead atoms. The quantitative estimate of drug-likeness (QED) is 0.324. The van der Waals surface area contributed by atoms with Gasteiger partial charge in [-0.05, 0) is 83.8 Å². The highest BCUT2D eigenvalue weighted by molar-refractivity contribution is 5.19. The summed E-state index contributed by atoms with van der Waals surface area (Å²) in [5.41, 5.74) is 4.96. The van der Waals surface area contributed by atoms with Gasteiger partial charge in [-0.3, -0.25) is 4.98 Å². The first-order chi connectivity index (χ1) is 18.9. The maximum Gasteiger partial charge on any atom is 0.154 e. The van der Waals surface area contributed by atoms with Gasteiger partial charge in [0.05, 0.1) is 19.3 Å². The van der Waals surface area contributed by atoms with Crippen molar-refractivity contribution >= 4 is 0 Å². The van der Waals surface area contributed by atoms with Crippen LogP contribution in [-0.4, -0.2) is 37.2 Å². The van der Waals surface area contributed by atoms with Gasteiger partial charge in [-0.2, -0.15) is 0 Å². The monoisotopic (exact) mass is 555 g/mol. The summed E-state index contributed by atoms with van der Waals surface area (Å²) < 4.78 is 15.7.